The number of amides is 10. The Morgan fingerprint density at radius 3 is 0.529 bits per heavy atom. The maximum Gasteiger partial charge on any atom is 0.326 e. The zero-order valence-corrected chi connectivity index (χ0v) is 46.4. The minimum absolute atomic E-state index is 0.171. The number of aliphatic hydroxyl groups is 10. The average Bonchev–Trinajstić information content (AvgIpc) is 2.59. The van der Waals surface area contributed by atoms with Gasteiger partial charge in [0.2, 0.25) is 59.1 Å². The van der Waals surface area contributed by atoms with Crippen LogP contribution in [0.15, 0.2) is 0 Å². The number of nitrogens with two attached hydrogens (primary N) is 1. The van der Waals surface area contributed by atoms with E-state index >= 15 is 0 Å². The van der Waals surface area contributed by atoms with Crippen LogP contribution in [0, 0.1) is 0 Å². The van der Waals surface area contributed by atoms with Crippen LogP contribution in [0.4, 0.5) is 0 Å². The minimum Gasteiger partial charge on any atom is -0.480 e. The molecule has 33 nitrogen and oxygen atoms in total. The monoisotopic (exact) mass is 1210 g/mol. The zero-order chi connectivity index (χ0) is 61.5. The second-order valence-electron chi connectivity index (χ2n) is 24.6. The van der Waals surface area contributed by atoms with Crippen LogP contribution in [-0.2, 0) is 52.7 Å². The molecule has 85 heavy (non-hydrogen) atoms. The first-order valence-corrected chi connectivity index (χ1v) is 28.9. The summed E-state index contributed by atoms with van der Waals surface area (Å²) >= 11 is 0. The molecule has 0 radical (unpaired) electrons. The molecule has 10 fully saturated rings. The maximum atomic E-state index is 14.8. The Labute approximate surface area is 485 Å². The molecule has 0 bridgehead atoms. The molecule has 470 valence electrons. The predicted octanol–water partition coefficient (Wildman–Crippen LogP) is -11.4. The number of β-amino-alcohol motifs (C(OH)–C–C–N with tert-alkyl or cyclic N) is 10. The number of likely N-dealkylation sites (tertiary alicyclic amines) is 10. The lowest BCUT2D eigenvalue weighted by Crippen LogP contribution is -2.59. The summed E-state index contributed by atoms with van der Waals surface area (Å²) in [5, 5.41) is 118. The van der Waals surface area contributed by atoms with E-state index in [9.17, 15) is 109 Å². The summed E-state index contributed by atoms with van der Waals surface area (Å²) < 4.78 is 0. The second-order valence-corrected chi connectivity index (χ2v) is 24.6. The molecule has 0 aromatic rings. The van der Waals surface area contributed by atoms with Gasteiger partial charge in [0, 0.05) is 130 Å². The number of carbonyl (C=O) groups excluding carboxylic acids is 10. The summed E-state index contributed by atoms with van der Waals surface area (Å²) in [7, 11) is 0. The largest absolute Gasteiger partial charge is 0.480 e. The number of carboxylic acid groups (broad SMARTS) is 1. The Hall–Kier alpha value is -6.27. The summed E-state index contributed by atoms with van der Waals surface area (Å²) in [5.74, 6) is -9.97. The molecule has 33 heteroatoms. The van der Waals surface area contributed by atoms with Crippen molar-refractivity contribution in [2.45, 2.75) is 186 Å². The van der Waals surface area contributed by atoms with Crippen molar-refractivity contribution in [3.05, 3.63) is 0 Å². The topological polar surface area (TPSA) is 469 Å². The maximum absolute atomic E-state index is 14.8. The standard InChI is InChI=1S/C52H75N11O22/c53-11-42(74)54-12-22(64)1-32(54)43(75)55-13-23(65)2-33(55)44(76)56-14-24(66)3-34(56)45(77)57-15-25(67)4-35(57)46(78)58-16-26(68)5-36(58)47(79)59-17-27(69)6-37(59)48(80)60-18-28(70)7-38(60)49(81)61-19-29(71)8-39(61)50(82)62-20-30(72)9-40(62)51(83)63-21-31(73)10-41(63)52(84)85/h22-41,64-73H,1-21,53H2,(H,84,85). The van der Waals surface area contributed by atoms with Gasteiger partial charge >= 0.3 is 5.97 Å². The Morgan fingerprint density at radius 2 is 0.376 bits per heavy atom. The van der Waals surface area contributed by atoms with E-state index in [4.69, 9.17) is 5.73 Å². The third kappa shape index (κ3) is 11.6. The second kappa shape index (κ2) is 24.1. The van der Waals surface area contributed by atoms with Crippen molar-refractivity contribution in [3.63, 3.8) is 0 Å². The van der Waals surface area contributed by atoms with Gasteiger partial charge in [0.15, 0.2) is 0 Å². The highest BCUT2D eigenvalue weighted by atomic mass is 16.4. The van der Waals surface area contributed by atoms with Crippen LogP contribution < -0.4 is 5.73 Å². The van der Waals surface area contributed by atoms with E-state index in [1.165, 1.54) is 0 Å². The van der Waals surface area contributed by atoms with Crippen LogP contribution in [0.3, 0.4) is 0 Å². The Bertz CT molecular complexity index is 2710. The molecule has 10 aliphatic heterocycles. The van der Waals surface area contributed by atoms with Gasteiger partial charge in [0.1, 0.15) is 60.4 Å². The van der Waals surface area contributed by atoms with Crippen molar-refractivity contribution in [3.8, 4) is 0 Å². The molecular weight excluding hydrogens is 1130 g/mol. The number of carboxylic acids is 1. The molecule has 13 N–H and O–H groups in total. The fourth-order valence-corrected chi connectivity index (χ4v) is 14.8. The van der Waals surface area contributed by atoms with Gasteiger partial charge in [-0.25, -0.2) is 4.79 Å². The van der Waals surface area contributed by atoms with Crippen molar-refractivity contribution in [1.29, 1.82) is 0 Å². The van der Waals surface area contributed by atoms with Gasteiger partial charge in [0.25, 0.3) is 0 Å². The van der Waals surface area contributed by atoms with E-state index in [1.54, 1.807) is 0 Å². The van der Waals surface area contributed by atoms with Crippen LogP contribution >= 0.6 is 0 Å². The highest BCUT2D eigenvalue weighted by Gasteiger charge is 2.57. The quantitative estimate of drug-likeness (QED) is 0.0914. The number of nitrogens with zero attached hydrogens (tertiary/aromatic N) is 10. The molecule has 20 unspecified atom stereocenters. The lowest BCUT2D eigenvalue weighted by Gasteiger charge is -2.37. The van der Waals surface area contributed by atoms with Gasteiger partial charge in [0.05, 0.1) is 67.6 Å². The lowest BCUT2D eigenvalue weighted by molar-refractivity contribution is -0.156. The third-order valence-corrected chi connectivity index (χ3v) is 18.7. The first-order chi connectivity index (χ1) is 40.1. The highest BCUT2D eigenvalue weighted by molar-refractivity contribution is 6.00. The predicted molar refractivity (Wildman–Crippen MR) is 278 cm³/mol. The fourth-order valence-electron chi connectivity index (χ4n) is 14.8. The Morgan fingerprint density at radius 1 is 0.247 bits per heavy atom. The smallest absolute Gasteiger partial charge is 0.326 e. The normalized spacial score (nSPS) is 38.4. The summed E-state index contributed by atoms with van der Waals surface area (Å²) in [6.07, 6.45) is -15.9. The van der Waals surface area contributed by atoms with Crippen LogP contribution in [-0.4, -0.2) is 364 Å². The van der Waals surface area contributed by atoms with E-state index in [0.29, 0.717) is 0 Å². The SMILES string of the molecule is NCC(=O)N1CC(O)CC1C(=O)N1CC(O)CC1C(=O)N1CC(O)CC1C(=O)N1CC(O)CC1C(=O)N1CC(O)CC1C(=O)N1CC(O)CC1C(=O)N1CC(O)CC1C(=O)N1CC(O)CC1C(=O)N1CC(O)CC1C(=O)N1CC(O)CC1C(=O)O. The highest BCUT2D eigenvalue weighted by Crippen LogP contribution is 2.36. The summed E-state index contributed by atoms with van der Waals surface area (Å²) in [6, 6.07) is -14.5. The van der Waals surface area contributed by atoms with Crippen molar-refractivity contribution >= 4 is 65.0 Å². The third-order valence-electron chi connectivity index (χ3n) is 18.7. The Kier molecular flexibility index (Phi) is 17.5. The van der Waals surface area contributed by atoms with Gasteiger partial charge in [-0.15, -0.1) is 0 Å². The van der Waals surface area contributed by atoms with E-state index in [-0.39, 0.29) is 71.0 Å². The zero-order valence-electron chi connectivity index (χ0n) is 46.4. The molecule has 0 aromatic heterocycles. The first-order valence-electron chi connectivity index (χ1n) is 28.9. The molecule has 0 aliphatic carbocycles. The van der Waals surface area contributed by atoms with Gasteiger partial charge in [-0.2, -0.15) is 0 Å². The number of carbonyl (C=O) groups is 11. The molecule has 20 atom stereocenters. The van der Waals surface area contributed by atoms with Crippen LogP contribution in [0.2, 0.25) is 0 Å². The lowest BCUT2D eigenvalue weighted by atomic mass is 10.1. The minimum atomic E-state index is -1.54. The summed E-state index contributed by atoms with van der Waals surface area (Å²) in [5.41, 5.74) is 5.55. The van der Waals surface area contributed by atoms with Crippen molar-refractivity contribution in [2.24, 2.45) is 5.73 Å². The van der Waals surface area contributed by atoms with E-state index in [1.807, 2.05) is 0 Å². The molecule has 10 heterocycles. The van der Waals surface area contributed by atoms with E-state index in [0.717, 1.165) is 49.0 Å². The number of hydrogen-bond acceptors (Lipinski definition) is 22. The fraction of sp³-hybridized carbons (Fsp3) is 0.788. The summed E-state index contributed by atoms with van der Waals surface area (Å²) in [4.78, 5) is 165. The van der Waals surface area contributed by atoms with Crippen LogP contribution in [0.1, 0.15) is 64.2 Å². The number of hydrogen-bond donors (Lipinski definition) is 12. The van der Waals surface area contributed by atoms with E-state index < -0.39 is 252 Å². The van der Waals surface area contributed by atoms with Crippen LogP contribution in [0.5, 0.6) is 0 Å². The molecular formula is C52H75N11O22. The van der Waals surface area contributed by atoms with Crippen LogP contribution in [0.25, 0.3) is 0 Å². The molecule has 10 saturated heterocycles. The van der Waals surface area contributed by atoms with Gasteiger partial charge < -0.3 is 111 Å². The molecule has 10 aliphatic rings. The van der Waals surface area contributed by atoms with Gasteiger partial charge in [-0.1, -0.05) is 0 Å². The Balaban J connectivity index is 0.824. The van der Waals surface area contributed by atoms with Crippen molar-refractivity contribution in [1.82, 2.24) is 49.0 Å². The molecule has 10 rings (SSSR count). The summed E-state index contributed by atoms with van der Waals surface area (Å²) in [6.45, 7) is -4.50. The van der Waals surface area contributed by atoms with Gasteiger partial charge in [-0.05, 0) is 0 Å². The van der Waals surface area contributed by atoms with E-state index in [2.05, 4.69) is 0 Å². The first kappa shape index (κ1) is 61.8. The number of aliphatic hydroxyl groups excluding tert-OH is 10. The molecule has 10 amide bonds. The number of rotatable bonds is 11. The molecule has 0 saturated carbocycles. The van der Waals surface area contributed by atoms with Gasteiger partial charge in [-0.3, -0.25) is 47.9 Å². The van der Waals surface area contributed by atoms with Crippen molar-refractivity contribution < 1.29 is 109 Å². The molecule has 0 aromatic carbocycles. The average molecular weight is 1210 g/mol. The van der Waals surface area contributed by atoms with Crippen molar-refractivity contribution in [2.75, 3.05) is 72.0 Å². The molecule has 0 spiro atoms. The number of aliphatic carboxylic acids is 1.